The Morgan fingerprint density at radius 1 is 1.04 bits per heavy atom. The van der Waals surface area contributed by atoms with Gasteiger partial charge in [-0.15, -0.1) is 0 Å². The highest BCUT2D eigenvalue weighted by Crippen LogP contribution is 2.39. The van der Waals surface area contributed by atoms with Gasteiger partial charge < -0.3 is 24.8 Å². The van der Waals surface area contributed by atoms with Crippen LogP contribution in [0.4, 0.5) is 14.9 Å². The summed E-state index contributed by atoms with van der Waals surface area (Å²) in [5, 5.41) is 5.41. The molecule has 0 aromatic heterocycles. The summed E-state index contributed by atoms with van der Waals surface area (Å²) in [6, 6.07) is 7.54. The topological polar surface area (TPSA) is 68.8 Å². The van der Waals surface area contributed by atoms with Gasteiger partial charge in [-0.1, -0.05) is 12.1 Å². The Hall–Kier alpha value is -2.96. The van der Waals surface area contributed by atoms with Crippen molar-refractivity contribution in [3.05, 3.63) is 47.3 Å². The van der Waals surface area contributed by atoms with Crippen LogP contribution in [0.1, 0.15) is 11.1 Å². The number of aryl methyl sites for hydroxylation is 1. The fourth-order valence-electron chi connectivity index (χ4n) is 2.33. The number of methoxy groups -OCH3 is 3. The van der Waals surface area contributed by atoms with E-state index in [1.807, 2.05) is 0 Å². The van der Waals surface area contributed by atoms with Crippen molar-refractivity contribution in [2.45, 2.75) is 13.5 Å². The summed E-state index contributed by atoms with van der Waals surface area (Å²) < 4.78 is 29.0. The number of anilines is 1. The third-order valence-corrected chi connectivity index (χ3v) is 3.60. The molecule has 2 rings (SSSR count). The zero-order valence-corrected chi connectivity index (χ0v) is 14.6. The Kier molecular flexibility index (Phi) is 6.05. The average molecular weight is 348 g/mol. The predicted octanol–water partition coefficient (Wildman–Crippen LogP) is 3.48. The molecule has 134 valence electrons. The maximum absolute atomic E-state index is 13.3. The predicted molar refractivity (Wildman–Crippen MR) is 93.1 cm³/mol. The second-order valence-corrected chi connectivity index (χ2v) is 5.31. The lowest BCUT2D eigenvalue weighted by Crippen LogP contribution is -2.28. The molecule has 2 aromatic carbocycles. The Morgan fingerprint density at radius 2 is 1.68 bits per heavy atom. The lowest BCUT2D eigenvalue weighted by molar-refractivity contribution is 0.251. The van der Waals surface area contributed by atoms with Crippen molar-refractivity contribution in [1.82, 2.24) is 5.32 Å². The summed E-state index contributed by atoms with van der Waals surface area (Å²) in [5.74, 6) is 1.04. The van der Waals surface area contributed by atoms with E-state index in [0.717, 1.165) is 5.56 Å². The van der Waals surface area contributed by atoms with E-state index in [0.29, 0.717) is 28.5 Å². The molecule has 0 saturated heterocycles. The number of halogens is 1. The van der Waals surface area contributed by atoms with Crippen LogP contribution in [-0.4, -0.2) is 27.4 Å². The van der Waals surface area contributed by atoms with Crippen LogP contribution in [-0.2, 0) is 6.54 Å². The van der Waals surface area contributed by atoms with Crippen LogP contribution in [0.15, 0.2) is 30.3 Å². The fourth-order valence-corrected chi connectivity index (χ4v) is 2.33. The third kappa shape index (κ3) is 4.53. The van der Waals surface area contributed by atoms with E-state index < -0.39 is 6.03 Å². The molecule has 0 fully saturated rings. The van der Waals surface area contributed by atoms with E-state index in [9.17, 15) is 9.18 Å². The van der Waals surface area contributed by atoms with Gasteiger partial charge in [0, 0.05) is 18.7 Å². The normalized spacial score (nSPS) is 10.1. The van der Waals surface area contributed by atoms with Gasteiger partial charge in [0.1, 0.15) is 5.82 Å². The number of hydrogen-bond donors (Lipinski definition) is 2. The number of ether oxygens (including phenoxy) is 3. The first kappa shape index (κ1) is 18.4. The minimum atomic E-state index is -0.406. The molecule has 0 bridgehead atoms. The summed E-state index contributed by atoms with van der Waals surface area (Å²) in [6.07, 6.45) is 0. The monoisotopic (exact) mass is 348 g/mol. The number of hydrogen-bond acceptors (Lipinski definition) is 4. The van der Waals surface area contributed by atoms with Gasteiger partial charge in [0.25, 0.3) is 0 Å². The van der Waals surface area contributed by atoms with Gasteiger partial charge in [0.2, 0.25) is 5.75 Å². The molecular weight excluding hydrogens is 327 g/mol. The van der Waals surface area contributed by atoms with Crippen molar-refractivity contribution in [2.75, 3.05) is 26.6 Å². The lowest BCUT2D eigenvalue weighted by Gasteiger charge is -2.15. The van der Waals surface area contributed by atoms with Gasteiger partial charge in [0.05, 0.1) is 27.0 Å². The zero-order valence-electron chi connectivity index (χ0n) is 14.6. The summed E-state index contributed by atoms with van der Waals surface area (Å²) in [5.41, 5.74) is 1.82. The van der Waals surface area contributed by atoms with Crippen molar-refractivity contribution >= 4 is 11.7 Å². The van der Waals surface area contributed by atoms with Crippen LogP contribution >= 0.6 is 0 Å². The highest BCUT2D eigenvalue weighted by atomic mass is 19.1. The Labute approximate surface area is 145 Å². The summed E-state index contributed by atoms with van der Waals surface area (Å²) in [6.45, 7) is 1.95. The number of carbonyl (C=O) groups excluding carboxylic acids is 1. The molecule has 0 aliphatic carbocycles. The number of urea groups is 1. The maximum Gasteiger partial charge on any atom is 0.319 e. The highest BCUT2D eigenvalue weighted by molar-refractivity contribution is 5.90. The standard InChI is InChI=1S/C18H21FN2O4/c1-11-7-12(5-6-14(11)19)10-20-18(22)21-13-8-15(23-2)17(25-4)16(9-13)24-3/h5-9H,10H2,1-4H3,(H2,20,21,22). The van der Waals surface area contributed by atoms with E-state index in [1.165, 1.54) is 27.4 Å². The molecule has 0 aliphatic heterocycles. The molecule has 0 saturated carbocycles. The van der Waals surface area contributed by atoms with E-state index in [4.69, 9.17) is 14.2 Å². The Morgan fingerprint density at radius 3 is 2.20 bits per heavy atom. The van der Waals surface area contributed by atoms with Crippen molar-refractivity contribution in [1.29, 1.82) is 0 Å². The highest BCUT2D eigenvalue weighted by Gasteiger charge is 2.14. The van der Waals surface area contributed by atoms with Gasteiger partial charge in [-0.05, 0) is 24.1 Å². The van der Waals surface area contributed by atoms with Crippen LogP contribution in [0.3, 0.4) is 0 Å². The lowest BCUT2D eigenvalue weighted by atomic mass is 10.1. The molecule has 25 heavy (non-hydrogen) atoms. The van der Waals surface area contributed by atoms with Crippen LogP contribution in [0.2, 0.25) is 0 Å². The van der Waals surface area contributed by atoms with Crippen LogP contribution in [0.5, 0.6) is 17.2 Å². The molecule has 0 spiro atoms. The summed E-state index contributed by atoms with van der Waals surface area (Å²) >= 11 is 0. The second kappa shape index (κ2) is 8.23. The first-order chi connectivity index (χ1) is 12.0. The van der Waals surface area contributed by atoms with Crippen molar-refractivity contribution in [3.63, 3.8) is 0 Å². The molecule has 0 atom stereocenters. The molecular formula is C18H21FN2O4. The number of benzene rings is 2. The van der Waals surface area contributed by atoms with Crippen LogP contribution < -0.4 is 24.8 Å². The third-order valence-electron chi connectivity index (χ3n) is 3.60. The first-order valence-corrected chi connectivity index (χ1v) is 7.58. The first-order valence-electron chi connectivity index (χ1n) is 7.58. The van der Waals surface area contributed by atoms with Crippen LogP contribution in [0, 0.1) is 12.7 Å². The fraction of sp³-hybridized carbons (Fsp3) is 0.278. The molecule has 2 N–H and O–H groups in total. The van der Waals surface area contributed by atoms with E-state index in [2.05, 4.69) is 10.6 Å². The molecule has 0 unspecified atom stereocenters. The smallest absolute Gasteiger partial charge is 0.319 e. The van der Waals surface area contributed by atoms with Gasteiger partial charge in [-0.25, -0.2) is 9.18 Å². The zero-order chi connectivity index (χ0) is 18.4. The largest absolute Gasteiger partial charge is 0.493 e. The van der Waals surface area contributed by atoms with E-state index >= 15 is 0 Å². The number of carbonyl (C=O) groups is 1. The molecule has 2 aromatic rings. The minimum Gasteiger partial charge on any atom is -0.493 e. The molecule has 2 amide bonds. The number of rotatable bonds is 6. The molecule has 0 radical (unpaired) electrons. The molecule has 0 heterocycles. The molecule has 7 heteroatoms. The van der Waals surface area contributed by atoms with Crippen molar-refractivity contribution in [2.24, 2.45) is 0 Å². The van der Waals surface area contributed by atoms with E-state index in [1.54, 1.807) is 31.2 Å². The number of nitrogens with one attached hydrogen (secondary N) is 2. The number of amides is 2. The second-order valence-electron chi connectivity index (χ2n) is 5.31. The summed E-state index contributed by atoms with van der Waals surface area (Å²) in [4.78, 5) is 12.1. The van der Waals surface area contributed by atoms with Gasteiger partial charge in [-0.2, -0.15) is 0 Å². The van der Waals surface area contributed by atoms with Gasteiger partial charge in [0.15, 0.2) is 11.5 Å². The average Bonchev–Trinajstić information content (AvgIpc) is 2.61. The van der Waals surface area contributed by atoms with Gasteiger partial charge in [-0.3, -0.25) is 0 Å². The Bertz CT molecular complexity index is 740. The van der Waals surface area contributed by atoms with Crippen LogP contribution in [0.25, 0.3) is 0 Å². The van der Waals surface area contributed by atoms with Gasteiger partial charge >= 0.3 is 6.03 Å². The van der Waals surface area contributed by atoms with Crippen molar-refractivity contribution < 1.29 is 23.4 Å². The summed E-state index contributed by atoms with van der Waals surface area (Å²) in [7, 11) is 4.50. The SMILES string of the molecule is COc1cc(NC(=O)NCc2ccc(F)c(C)c2)cc(OC)c1OC. The van der Waals surface area contributed by atoms with E-state index in [-0.39, 0.29) is 12.4 Å². The van der Waals surface area contributed by atoms with Crippen molar-refractivity contribution in [3.8, 4) is 17.2 Å². The molecule has 6 nitrogen and oxygen atoms in total. The maximum atomic E-state index is 13.3. The quantitative estimate of drug-likeness (QED) is 0.839. The Balaban J connectivity index is 2.05. The molecule has 0 aliphatic rings. The minimum absolute atomic E-state index is 0.273.